The summed E-state index contributed by atoms with van der Waals surface area (Å²) in [4.78, 5) is 15.3. The molecule has 0 aromatic heterocycles. The van der Waals surface area contributed by atoms with Gasteiger partial charge < -0.3 is 10.1 Å². The van der Waals surface area contributed by atoms with E-state index in [1.807, 2.05) is 30.3 Å². The molecule has 0 radical (unpaired) electrons. The van der Waals surface area contributed by atoms with Crippen LogP contribution < -0.4 is 10.1 Å². The molecule has 1 saturated heterocycles. The number of fused-ring (bicyclic) bond motifs is 1. The molecule has 28 heavy (non-hydrogen) atoms. The summed E-state index contributed by atoms with van der Waals surface area (Å²) in [6.45, 7) is 3.86. The second-order valence-corrected chi connectivity index (χ2v) is 8.12. The normalized spacial score (nSPS) is 23.2. The molecule has 4 rings (SSSR count). The van der Waals surface area contributed by atoms with Crippen molar-refractivity contribution in [2.45, 2.75) is 44.2 Å². The lowest BCUT2D eigenvalue weighted by molar-refractivity contribution is 0.0898. The van der Waals surface area contributed by atoms with E-state index < -0.39 is 0 Å². The van der Waals surface area contributed by atoms with E-state index in [9.17, 15) is 9.18 Å². The molecule has 1 N–H and O–H groups in total. The molecule has 5 heteroatoms. The Morgan fingerprint density at radius 3 is 2.86 bits per heavy atom. The molecule has 0 saturated carbocycles. The van der Waals surface area contributed by atoms with Gasteiger partial charge in [0.25, 0.3) is 5.91 Å². The highest BCUT2D eigenvalue weighted by Crippen LogP contribution is 2.33. The van der Waals surface area contributed by atoms with Crippen LogP contribution in [0.15, 0.2) is 42.5 Å². The van der Waals surface area contributed by atoms with E-state index in [-0.39, 0.29) is 23.3 Å². The molecule has 0 bridgehead atoms. The molecule has 2 aromatic carbocycles. The van der Waals surface area contributed by atoms with Gasteiger partial charge in [0.15, 0.2) is 0 Å². The molecule has 2 aliphatic rings. The number of hydrogen-bond acceptors (Lipinski definition) is 3. The van der Waals surface area contributed by atoms with Crippen molar-refractivity contribution in [3.63, 3.8) is 0 Å². The van der Waals surface area contributed by atoms with Crippen molar-refractivity contribution in [3.05, 3.63) is 65.0 Å². The summed E-state index contributed by atoms with van der Waals surface area (Å²) in [6, 6.07) is 13.0. The number of rotatable bonds is 4. The van der Waals surface area contributed by atoms with Gasteiger partial charge in [0.05, 0.1) is 12.6 Å². The van der Waals surface area contributed by atoms with Gasteiger partial charge in [-0.2, -0.15) is 0 Å². The van der Waals surface area contributed by atoms with Crippen molar-refractivity contribution in [1.29, 1.82) is 0 Å². The predicted molar refractivity (Wildman–Crippen MR) is 107 cm³/mol. The molecule has 1 fully saturated rings. The van der Waals surface area contributed by atoms with Gasteiger partial charge in [-0.3, -0.25) is 9.69 Å². The zero-order valence-corrected chi connectivity index (χ0v) is 16.5. The van der Waals surface area contributed by atoms with Crippen LogP contribution in [0.25, 0.3) is 0 Å². The van der Waals surface area contributed by atoms with Crippen LogP contribution in [-0.2, 0) is 12.8 Å². The molecular formula is C23H27FN2O2. The zero-order valence-electron chi connectivity index (χ0n) is 16.5. The van der Waals surface area contributed by atoms with E-state index in [0.29, 0.717) is 17.7 Å². The molecule has 2 heterocycles. The minimum atomic E-state index is -0.215. The highest BCUT2D eigenvalue weighted by Gasteiger charge is 2.42. The third-order valence-electron chi connectivity index (χ3n) is 6.29. The van der Waals surface area contributed by atoms with Gasteiger partial charge >= 0.3 is 0 Å². The Kier molecular flexibility index (Phi) is 5.11. The summed E-state index contributed by atoms with van der Waals surface area (Å²) < 4.78 is 19.3. The second-order valence-electron chi connectivity index (χ2n) is 8.12. The number of carbonyl (C=O) groups is 1. The lowest BCUT2D eigenvalue weighted by Crippen LogP contribution is -2.50. The maximum Gasteiger partial charge on any atom is 0.252 e. The molecular weight excluding hydrogens is 355 g/mol. The van der Waals surface area contributed by atoms with Crippen LogP contribution in [0.1, 0.15) is 41.3 Å². The lowest BCUT2D eigenvalue weighted by atomic mass is 9.91. The van der Waals surface area contributed by atoms with Gasteiger partial charge in [0.2, 0.25) is 0 Å². The van der Waals surface area contributed by atoms with Gasteiger partial charge in [-0.1, -0.05) is 24.3 Å². The third-order valence-corrected chi connectivity index (χ3v) is 6.29. The zero-order chi connectivity index (χ0) is 19.7. The first-order chi connectivity index (χ1) is 13.5. The van der Waals surface area contributed by atoms with E-state index in [1.54, 1.807) is 13.2 Å². The number of nitrogens with one attached hydrogen (secondary N) is 1. The largest absolute Gasteiger partial charge is 0.497 e. The second kappa shape index (κ2) is 7.55. The van der Waals surface area contributed by atoms with Crippen molar-refractivity contribution in [2.24, 2.45) is 0 Å². The average molecular weight is 382 g/mol. The smallest absolute Gasteiger partial charge is 0.252 e. The van der Waals surface area contributed by atoms with Gasteiger partial charge in [-0.25, -0.2) is 4.39 Å². The first kappa shape index (κ1) is 18.9. The SMILES string of the molecule is COc1ccc2c(c1)C(=O)NC1(CC2)CCN(C(C)Cc2ccccc2F)C1. The summed E-state index contributed by atoms with van der Waals surface area (Å²) in [5.74, 6) is 0.543. The molecule has 2 aromatic rings. The molecule has 1 spiro atoms. The number of ether oxygens (including phenoxy) is 1. The van der Waals surface area contributed by atoms with Crippen LogP contribution in [0, 0.1) is 5.82 Å². The number of aryl methyl sites for hydroxylation is 1. The molecule has 2 aliphatic heterocycles. The Bertz CT molecular complexity index is 885. The first-order valence-corrected chi connectivity index (χ1v) is 9.96. The van der Waals surface area contributed by atoms with Crippen molar-refractivity contribution in [3.8, 4) is 5.75 Å². The third kappa shape index (κ3) is 3.63. The minimum Gasteiger partial charge on any atom is -0.497 e. The van der Waals surface area contributed by atoms with Gasteiger partial charge in [0.1, 0.15) is 11.6 Å². The van der Waals surface area contributed by atoms with Crippen molar-refractivity contribution in [2.75, 3.05) is 20.2 Å². The standard InChI is InChI=1S/C23H27FN2O2/c1-16(13-18-5-3-4-6-21(18)24)26-12-11-23(15-26)10-9-17-7-8-19(28-2)14-20(17)22(27)25-23/h3-8,14,16H,9-13,15H2,1-2H3,(H,25,27). The predicted octanol–water partition coefficient (Wildman–Crippen LogP) is 3.59. The number of hydrogen-bond donors (Lipinski definition) is 1. The highest BCUT2D eigenvalue weighted by molar-refractivity contribution is 5.97. The Hall–Kier alpha value is -2.40. The van der Waals surface area contributed by atoms with Crippen LogP contribution >= 0.6 is 0 Å². The topological polar surface area (TPSA) is 41.6 Å². The quantitative estimate of drug-likeness (QED) is 0.879. The van der Waals surface area contributed by atoms with Crippen LogP contribution in [0.2, 0.25) is 0 Å². The maximum absolute atomic E-state index is 14.0. The Morgan fingerprint density at radius 2 is 2.07 bits per heavy atom. The highest BCUT2D eigenvalue weighted by atomic mass is 19.1. The summed E-state index contributed by atoms with van der Waals surface area (Å²) in [7, 11) is 1.61. The summed E-state index contributed by atoms with van der Waals surface area (Å²) in [5.41, 5.74) is 2.33. The van der Waals surface area contributed by atoms with Crippen molar-refractivity contribution in [1.82, 2.24) is 10.2 Å². The molecule has 1 amide bonds. The maximum atomic E-state index is 14.0. The molecule has 0 aliphatic carbocycles. The van der Waals surface area contributed by atoms with Crippen LogP contribution in [-0.4, -0.2) is 42.6 Å². The van der Waals surface area contributed by atoms with Gasteiger partial charge in [0, 0.05) is 24.7 Å². The summed E-state index contributed by atoms with van der Waals surface area (Å²) >= 11 is 0. The molecule has 2 atom stereocenters. The fourth-order valence-corrected chi connectivity index (χ4v) is 4.55. The monoisotopic (exact) mass is 382 g/mol. The number of halogens is 1. The van der Waals surface area contributed by atoms with Crippen molar-refractivity contribution < 1.29 is 13.9 Å². The Labute approximate surface area is 165 Å². The van der Waals surface area contributed by atoms with Gasteiger partial charge in [-0.05, 0) is 61.9 Å². The van der Waals surface area contributed by atoms with Gasteiger partial charge in [-0.15, -0.1) is 0 Å². The number of benzene rings is 2. The fraction of sp³-hybridized carbons (Fsp3) is 0.435. The van der Waals surface area contributed by atoms with E-state index in [4.69, 9.17) is 4.74 Å². The fourth-order valence-electron chi connectivity index (χ4n) is 4.55. The van der Waals surface area contributed by atoms with Crippen molar-refractivity contribution >= 4 is 5.91 Å². The Balaban J connectivity index is 1.47. The minimum absolute atomic E-state index is 0.0185. The van der Waals surface area contributed by atoms with Crippen LogP contribution in [0.5, 0.6) is 5.75 Å². The van der Waals surface area contributed by atoms with Crippen LogP contribution in [0.4, 0.5) is 4.39 Å². The van der Waals surface area contributed by atoms with E-state index in [2.05, 4.69) is 17.1 Å². The number of nitrogens with zero attached hydrogens (tertiary/aromatic N) is 1. The number of likely N-dealkylation sites (tertiary alicyclic amines) is 1. The van der Waals surface area contributed by atoms with E-state index in [1.165, 1.54) is 6.07 Å². The Morgan fingerprint density at radius 1 is 1.25 bits per heavy atom. The van der Waals surface area contributed by atoms with E-state index >= 15 is 0 Å². The number of methoxy groups -OCH3 is 1. The summed E-state index contributed by atoms with van der Waals surface area (Å²) in [6.07, 6.45) is 3.38. The average Bonchev–Trinajstić information content (AvgIpc) is 3.06. The van der Waals surface area contributed by atoms with Crippen LogP contribution in [0.3, 0.4) is 0 Å². The van der Waals surface area contributed by atoms with E-state index in [0.717, 1.165) is 43.5 Å². The number of carbonyl (C=O) groups excluding carboxylic acids is 1. The number of amides is 1. The first-order valence-electron chi connectivity index (χ1n) is 9.96. The molecule has 4 nitrogen and oxygen atoms in total. The molecule has 148 valence electrons. The molecule has 2 unspecified atom stereocenters. The lowest BCUT2D eigenvalue weighted by Gasteiger charge is -2.31. The summed E-state index contributed by atoms with van der Waals surface area (Å²) in [5, 5.41) is 3.31.